The summed E-state index contributed by atoms with van der Waals surface area (Å²) in [6.07, 6.45) is 1.97. The lowest BCUT2D eigenvalue weighted by atomic mass is 10.1. The molecule has 0 aliphatic carbocycles. The van der Waals surface area contributed by atoms with Crippen LogP contribution < -0.4 is 15.0 Å². The minimum atomic E-state index is -0.411. The number of likely N-dealkylation sites (N-methyl/N-ethyl adjacent to an activating group) is 1. The number of amides is 3. The van der Waals surface area contributed by atoms with Crippen molar-refractivity contribution in [2.24, 2.45) is 0 Å². The predicted molar refractivity (Wildman–Crippen MR) is 106 cm³/mol. The largest absolute Gasteiger partial charge is 0.495 e. The molecule has 3 atom stereocenters. The summed E-state index contributed by atoms with van der Waals surface area (Å²) in [4.78, 5) is 33.1. The van der Waals surface area contributed by atoms with Crippen molar-refractivity contribution < 1.29 is 14.3 Å². The Kier molecular flexibility index (Phi) is 4.76. The highest BCUT2D eigenvalue weighted by Crippen LogP contribution is 2.37. The van der Waals surface area contributed by atoms with Crippen LogP contribution in [0.25, 0.3) is 0 Å². The van der Waals surface area contributed by atoms with Crippen LogP contribution in [-0.4, -0.2) is 78.9 Å². The van der Waals surface area contributed by atoms with Crippen LogP contribution in [0.3, 0.4) is 0 Å². The van der Waals surface area contributed by atoms with Gasteiger partial charge in [-0.05, 0) is 31.0 Å². The van der Waals surface area contributed by atoms with Crippen LogP contribution >= 0.6 is 0 Å². The number of rotatable bonds is 4. The van der Waals surface area contributed by atoms with Crippen molar-refractivity contribution >= 4 is 17.6 Å². The highest BCUT2D eigenvalue weighted by atomic mass is 16.5. The number of carbonyl (C=O) groups excluding carboxylic acids is 2. The predicted octanol–water partition coefficient (Wildman–Crippen LogP) is 1.18. The van der Waals surface area contributed by atoms with Crippen LogP contribution in [0.15, 0.2) is 30.9 Å². The maximum atomic E-state index is 13.1. The molecule has 3 aliphatic heterocycles. The topological polar surface area (TPSA) is 68.4 Å². The molecule has 4 rings (SSSR count). The summed E-state index contributed by atoms with van der Waals surface area (Å²) < 4.78 is 5.59. The Balaban J connectivity index is 1.70. The first-order valence-corrected chi connectivity index (χ1v) is 9.60. The van der Waals surface area contributed by atoms with E-state index in [9.17, 15) is 9.59 Å². The number of hydrogen-bond donors (Lipinski definition) is 1. The minimum Gasteiger partial charge on any atom is -0.495 e. The zero-order valence-electron chi connectivity index (χ0n) is 16.6. The highest BCUT2D eigenvalue weighted by Gasteiger charge is 2.56. The van der Waals surface area contributed by atoms with Gasteiger partial charge in [0.05, 0.1) is 12.8 Å². The van der Waals surface area contributed by atoms with Gasteiger partial charge >= 0.3 is 6.03 Å². The second kappa shape index (κ2) is 7.10. The molecule has 0 bridgehead atoms. The SMILES string of the molecule is C=CCN1C(=O)C2C(NC3N(c4cc(C)ccc4OC)CCCN23)N(C)C1=O. The van der Waals surface area contributed by atoms with Crippen LogP contribution in [0.1, 0.15) is 12.0 Å². The van der Waals surface area contributed by atoms with Crippen molar-refractivity contribution in [3.63, 3.8) is 0 Å². The summed E-state index contributed by atoms with van der Waals surface area (Å²) in [5.74, 6) is 0.634. The monoisotopic (exact) mass is 385 g/mol. The molecule has 3 heterocycles. The first-order chi connectivity index (χ1) is 13.5. The fraction of sp³-hybridized carbons (Fsp3) is 0.500. The fourth-order valence-corrected chi connectivity index (χ4v) is 4.49. The molecular weight excluding hydrogens is 358 g/mol. The Morgan fingerprint density at radius 3 is 2.82 bits per heavy atom. The molecule has 3 unspecified atom stereocenters. The van der Waals surface area contributed by atoms with Crippen molar-refractivity contribution in [2.45, 2.75) is 31.8 Å². The summed E-state index contributed by atoms with van der Waals surface area (Å²) >= 11 is 0. The molecule has 0 spiro atoms. The Morgan fingerprint density at radius 1 is 1.32 bits per heavy atom. The number of urea groups is 1. The van der Waals surface area contributed by atoms with Crippen molar-refractivity contribution in [1.82, 2.24) is 20.0 Å². The molecule has 0 aromatic heterocycles. The maximum absolute atomic E-state index is 13.1. The Labute approximate surface area is 165 Å². The van der Waals surface area contributed by atoms with Gasteiger partial charge < -0.3 is 14.5 Å². The summed E-state index contributed by atoms with van der Waals surface area (Å²) in [6.45, 7) is 7.59. The number of anilines is 1. The number of imide groups is 1. The first kappa shape index (κ1) is 18.8. The molecule has 3 fully saturated rings. The summed E-state index contributed by atoms with van der Waals surface area (Å²) in [5, 5.41) is 3.52. The van der Waals surface area contributed by atoms with Gasteiger partial charge in [0.25, 0.3) is 5.91 Å². The molecule has 150 valence electrons. The van der Waals surface area contributed by atoms with Crippen LogP contribution in [0.2, 0.25) is 0 Å². The second-order valence-corrected chi connectivity index (χ2v) is 7.52. The number of nitrogens with one attached hydrogen (secondary N) is 1. The number of ether oxygens (including phenoxy) is 1. The molecule has 3 saturated heterocycles. The molecule has 1 N–H and O–H groups in total. The summed E-state index contributed by atoms with van der Waals surface area (Å²) in [5.41, 5.74) is 2.14. The highest BCUT2D eigenvalue weighted by molar-refractivity contribution is 6.00. The number of carbonyl (C=O) groups is 2. The van der Waals surface area contributed by atoms with E-state index in [0.717, 1.165) is 36.5 Å². The molecule has 1 aromatic rings. The van der Waals surface area contributed by atoms with E-state index in [0.29, 0.717) is 0 Å². The number of fused-ring (bicyclic) bond motifs is 3. The van der Waals surface area contributed by atoms with Gasteiger partial charge in [-0.1, -0.05) is 12.1 Å². The Bertz CT molecular complexity index is 813. The smallest absolute Gasteiger partial charge is 0.328 e. The lowest BCUT2D eigenvalue weighted by molar-refractivity contribution is -0.138. The molecule has 0 radical (unpaired) electrons. The van der Waals surface area contributed by atoms with Crippen molar-refractivity contribution in [2.75, 3.05) is 38.7 Å². The molecule has 8 nitrogen and oxygen atoms in total. The van der Waals surface area contributed by atoms with E-state index < -0.39 is 6.04 Å². The number of benzene rings is 1. The zero-order valence-corrected chi connectivity index (χ0v) is 16.6. The molecule has 0 saturated carbocycles. The number of hydrogen-bond acceptors (Lipinski definition) is 6. The van der Waals surface area contributed by atoms with Gasteiger partial charge in [0.2, 0.25) is 0 Å². The first-order valence-electron chi connectivity index (χ1n) is 9.60. The Hall–Kier alpha value is -2.58. The van der Waals surface area contributed by atoms with Crippen LogP contribution in [0, 0.1) is 6.92 Å². The van der Waals surface area contributed by atoms with Gasteiger partial charge in [0, 0.05) is 26.7 Å². The van der Waals surface area contributed by atoms with Crippen LogP contribution in [-0.2, 0) is 4.79 Å². The average Bonchev–Trinajstić information content (AvgIpc) is 3.09. The standard InChI is InChI=1S/C20H27N5O3/c1-5-9-25-18(26)16-17(22(3)20(25)27)21-19-23(10-6-11-24(16)19)14-12-13(2)7-8-15(14)28-4/h5,7-8,12,16-17,19,21H,1,6,9-11H2,2-4H3. The van der Waals surface area contributed by atoms with E-state index >= 15 is 0 Å². The lowest BCUT2D eigenvalue weighted by Crippen LogP contribution is -2.66. The Morgan fingerprint density at radius 2 is 2.11 bits per heavy atom. The lowest BCUT2D eigenvalue weighted by Gasteiger charge is -2.44. The van der Waals surface area contributed by atoms with Crippen LogP contribution in [0.5, 0.6) is 5.75 Å². The number of methoxy groups -OCH3 is 1. The number of nitrogens with zero attached hydrogens (tertiary/aromatic N) is 4. The van der Waals surface area contributed by atoms with Gasteiger partial charge in [0.15, 0.2) is 0 Å². The van der Waals surface area contributed by atoms with Crippen LogP contribution in [0.4, 0.5) is 10.5 Å². The van der Waals surface area contributed by atoms with E-state index in [1.165, 1.54) is 4.90 Å². The zero-order chi connectivity index (χ0) is 20.0. The van der Waals surface area contributed by atoms with Crippen molar-refractivity contribution in [3.05, 3.63) is 36.4 Å². The van der Waals surface area contributed by atoms with Gasteiger partial charge in [-0.2, -0.15) is 0 Å². The molecular formula is C20H27N5O3. The van der Waals surface area contributed by atoms with E-state index in [-0.39, 0.29) is 30.9 Å². The average molecular weight is 385 g/mol. The van der Waals surface area contributed by atoms with Gasteiger partial charge in [-0.3, -0.25) is 19.9 Å². The van der Waals surface area contributed by atoms with E-state index in [1.54, 1.807) is 25.1 Å². The molecule has 8 heteroatoms. The quantitative estimate of drug-likeness (QED) is 0.785. The van der Waals surface area contributed by atoms with E-state index in [4.69, 9.17) is 4.74 Å². The van der Waals surface area contributed by atoms with Crippen molar-refractivity contribution in [1.29, 1.82) is 0 Å². The summed E-state index contributed by atoms with van der Waals surface area (Å²) in [7, 11) is 3.41. The third kappa shape index (κ3) is 2.75. The maximum Gasteiger partial charge on any atom is 0.328 e. The van der Waals surface area contributed by atoms with Gasteiger partial charge in [-0.25, -0.2) is 4.79 Å². The molecule has 3 aliphatic rings. The van der Waals surface area contributed by atoms with Crippen molar-refractivity contribution in [3.8, 4) is 5.75 Å². The minimum absolute atomic E-state index is 0.166. The normalized spacial score (nSPS) is 27.7. The second-order valence-electron chi connectivity index (χ2n) is 7.52. The van der Waals surface area contributed by atoms with Gasteiger partial charge in [-0.15, -0.1) is 6.58 Å². The third-order valence-electron chi connectivity index (χ3n) is 5.83. The molecule has 1 aromatic carbocycles. The third-order valence-corrected chi connectivity index (χ3v) is 5.83. The van der Waals surface area contributed by atoms with E-state index in [2.05, 4.69) is 34.7 Å². The summed E-state index contributed by atoms with van der Waals surface area (Å²) in [6, 6.07) is 5.39. The van der Waals surface area contributed by atoms with Gasteiger partial charge in [0.1, 0.15) is 24.2 Å². The molecule has 3 amide bonds. The number of aryl methyl sites for hydroxylation is 1. The fourth-order valence-electron chi connectivity index (χ4n) is 4.49. The van der Waals surface area contributed by atoms with E-state index in [1.807, 2.05) is 12.1 Å². The molecule has 28 heavy (non-hydrogen) atoms.